The molecule has 0 spiro atoms. The molecule has 0 aromatic heterocycles. The first-order valence-corrected chi connectivity index (χ1v) is 5.15. The van der Waals surface area contributed by atoms with E-state index in [2.05, 4.69) is 0 Å². The van der Waals surface area contributed by atoms with Gasteiger partial charge in [-0.1, -0.05) is 24.3 Å². The summed E-state index contributed by atoms with van der Waals surface area (Å²) >= 11 is 0. The summed E-state index contributed by atoms with van der Waals surface area (Å²) in [5.74, 6) is 0. The van der Waals surface area contributed by atoms with Crippen LogP contribution >= 0.6 is 0 Å². The van der Waals surface area contributed by atoms with Crippen LogP contribution in [0.5, 0.6) is 0 Å². The number of rotatable bonds is 2. The maximum Gasteiger partial charge on any atom is 0.0393 e. The Bertz CT molecular complexity index is 506. The third-order valence-corrected chi connectivity index (χ3v) is 2.60. The molecular formula is C13H15N3. The molecule has 0 saturated carbocycles. The summed E-state index contributed by atoms with van der Waals surface area (Å²) in [7, 11) is 0. The molecule has 0 aliphatic rings. The van der Waals surface area contributed by atoms with Crippen LogP contribution in [0, 0.1) is 0 Å². The summed E-state index contributed by atoms with van der Waals surface area (Å²) in [4.78, 5) is 0. The molecule has 0 saturated heterocycles. The molecule has 0 radical (unpaired) electrons. The van der Waals surface area contributed by atoms with Gasteiger partial charge in [0.1, 0.15) is 0 Å². The Labute approximate surface area is 94.9 Å². The molecule has 2 rings (SSSR count). The van der Waals surface area contributed by atoms with Crippen molar-refractivity contribution in [2.24, 2.45) is 5.73 Å². The topological polar surface area (TPSA) is 78.1 Å². The summed E-state index contributed by atoms with van der Waals surface area (Å²) in [6.45, 7) is 0.476. The predicted molar refractivity (Wildman–Crippen MR) is 68.6 cm³/mol. The highest BCUT2D eigenvalue weighted by Gasteiger charge is 2.06. The molecule has 0 unspecified atom stereocenters. The second-order valence-corrected chi connectivity index (χ2v) is 3.71. The Morgan fingerprint density at radius 1 is 0.875 bits per heavy atom. The molecule has 0 aliphatic heterocycles. The molecule has 0 bridgehead atoms. The highest BCUT2D eigenvalue weighted by atomic mass is 14.6. The SMILES string of the molecule is NCc1ccc(N)cc1-c1ccccc1N. The van der Waals surface area contributed by atoms with Gasteiger partial charge < -0.3 is 17.2 Å². The first kappa shape index (κ1) is 10.5. The molecule has 82 valence electrons. The molecule has 0 heterocycles. The number of hydrogen-bond acceptors (Lipinski definition) is 3. The van der Waals surface area contributed by atoms with E-state index in [0.717, 1.165) is 28.1 Å². The normalized spacial score (nSPS) is 10.3. The third kappa shape index (κ3) is 1.85. The number of anilines is 2. The molecule has 2 aromatic rings. The van der Waals surface area contributed by atoms with Gasteiger partial charge >= 0.3 is 0 Å². The molecule has 0 amide bonds. The van der Waals surface area contributed by atoms with Crippen LogP contribution in [0.2, 0.25) is 0 Å². The monoisotopic (exact) mass is 213 g/mol. The van der Waals surface area contributed by atoms with Crippen LogP contribution in [0.4, 0.5) is 11.4 Å². The van der Waals surface area contributed by atoms with Gasteiger partial charge in [-0.3, -0.25) is 0 Å². The lowest BCUT2D eigenvalue weighted by molar-refractivity contribution is 1.07. The van der Waals surface area contributed by atoms with Gasteiger partial charge in [-0.25, -0.2) is 0 Å². The van der Waals surface area contributed by atoms with Crippen molar-refractivity contribution in [3.05, 3.63) is 48.0 Å². The highest BCUT2D eigenvalue weighted by Crippen LogP contribution is 2.30. The molecule has 6 N–H and O–H groups in total. The number of nitrogens with two attached hydrogens (primary N) is 3. The molecule has 16 heavy (non-hydrogen) atoms. The fraction of sp³-hybridized carbons (Fsp3) is 0.0769. The van der Waals surface area contributed by atoms with E-state index >= 15 is 0 Å². The van der Waals surface area contributed by atoms with Crippen molar-refractivity contribution in [1.82, 2.24) is 0 Å². The number of hydrogen-bond donors (Lipinski definition) is 3. The summed E-state index contributed by atoms with van der Waals surface area (Å²) in [5.41, 5.74) is 21.9. The lowest BCUT2D eigenvalue weighted by Gasteiger charge is -2.11. The average Bonchev–Trinajstić information content (AvgIpc) is 2.29. The zero-order chi connectivity index (χ0) is 11.5. The minimum atomic E-state index is 0.476. The molecule has 3 heteroatoms. The van der Waals surface area contributed by atoms with Gasteiger partial charge in [0.05, 0.1) is 0 Å². The van der Waals surface area contributed by atoms with Gasteiger partial charge in [-0.2, -0.15) is 0 Å². The maximum atomic E-state index is 5.94. The van der Waals surface area contributed by atoms with Crippen molar-refractivity contribution in [2.75, 3.05) is 11.5 Å². The van der Waals surface area contributed by atoms with Gasteiger partial charge in [0.2, 0.25) is 0 Å². The van der Waals surface area contributed by atoms with Crippen molar-refractivity contribution in [2.45, 2.75) is 6.54 Å². The summed E-state index contributed by atoms with van der Waals surface area (Å²) in [6, 6.07) is 13.4. The zero-order valence-corrected chi connectivity index (χ0v) is 8.98. The fourth-order valence-corrected chi connectivity index (χ4v) is 1.77. The van der Waals surface area contributed by atoms with E-state index in [0.29, 0.717) is 6.54 Å². The summed E-state index contributed by atoms with van der Waals surface area (Å²) < 4.78 is 0. The van der Waals surface area contributed by atoms with Gasteiger partial charge in [0.15, 0.2) is 0 Å². The van der Waals surface area contributed by atoms with Gasteiger partial charge in [0, 0.05) is 23.5 Å². The van der Waals surface area contributed by atoms with Gasteiger partial charge in [-0.05, 0) is 29.3 Å². The minimum absolute atomic E-state index is 0.476. The van der Waals surface area contributed by atoms with Crippen molar-refractivity contribution < 1.29 is 0 Å². The number of benzene rings is 2. The van der Waals surface area contributed by atoms with Crippen molar-refractivity contribution in [3.8, 4) is 11.1 Å². The first-order chi connectivity index (χ1) is 7.72. The van der Waals surface area contributed by atoms with Crippen molar-refractivity contribution in [3.63, 3.8) is 0 Å². The molecule has 0 atom stereocenters. The quantitative estimate of drug-likeness (QED) is 0.667. The van der Waals surface area contributed by atoms with Crippen LogP contribution in [0.15, 0.2) is 42.5 Å². The van der Waals surface area contributed by atoms with Gasteiger partial charge in [0.25, 0.3) is 0 Å². The molecule has 0 fully saturated rings. The Kier molecular flexibility index (Phi) is 2.79. The largest absolute Gasteiger partial charge is 0.399 e. The van der Waals surface area contributed by atoms with E-state index < -0.39 is 0 Å². The average molecular weight is 213 g/mol. The van der Waals surface area contributed by atoms with E-state index in [4.69, 9.17) is 17.2 Å². The molecule has 3 nitrogen and oxygen atoms in total. The summed E-state index contributed by atoms with van der Waals surface area (Å²) in [5, 5.41) is 0. The zero-order valence-electron chi connectivity index (χ0n) is 8.98. The van der Waals surface area contributed by atoms with E-state index in [1.54, 1.807) is 0 Å². The number of para-hydroxylation sites is 1. The molecule has 0 aliphatic carbocycles. The Balaban J connectivity index is 2.63. The minimum Gasteiger partial charge on any atom is -0.399 e. The standard InChI is InChI=1S/C13H15N3/c14-8-9-5-6-10(15)7-12(9)11-3-1-2-4-13(11)16/h1-7H,8,14-16H2. The third-order valence-electron chi connectivity index (χ3n) is 2.60. The maximum absolute atomic E-state index is 5.94. The molecular weight excluding hydrogens is 198 g/mol. The first-order valence-electron chi connectivity index (χ1n) is 5.15. The van der Waals surface area contributed by atoms with Crippen molar-refractivity contribution in [1.29, 1.82) is 0 Å². The fourth-order valence-electron chi connectivity index (χ4n) is 1.77. The van der Waals surface area contributed by atoms with Crippen LogP contribution in [0.25, 0.3) is 11.1 Å². The lowest BCUT2D eigenvalue weighted by Crippen LogP contribution is -2.01. The van der Waals surface area contributed by atoms with Crippen LogP contribution in [-0.4, -0.2) is 0 Å². The molecule has 2 aromatic carbocycles. The van der Waals surface area contributed by atoms with Crippen LogP contribution in [0.3, 0.4) is 0 Å². The van der Waals surface area contributed by atoms with E-state index in [9.17, 15) is 0 Å². The second kappa shape index (κ2) is 4.24. The van der Waals surface area contributed by atoms with Gasteiger partial charge in [-0.15, -0.1) is 0 Å². The van der Waals surface area contributed by atoms with E-state index in [1.807, 2.05) is 42.5 Å². The predicted octanol–water partition coefficient (Wildman–Crippen LogP) is 1.98. The Morgan fingerprint density at radius 2 is 1.62 bits per heavy atom. The smallest absolute Gasteiger partial charge is 0.0393 e. The van der Waals surface area contributed by atoms with Crippen LogP contribution in [-0.2, 0) is 6.54 Å². The van der Waals surface area contributed by atoms with Crippen molar-refractivity contribution >= 4 is 11.4 Å². The highest BCUT2D eigenvalue weighted by molar-refractivity contribution is 5.80. The Morgan fingerprint density at radius 3 is 2.31 bits per heavy atom. The number of nitrogen functional groups attached to an aromatic ring is 2. The van der Waals surface area contributed by atoms with E-state index in [1.165, 1.54) is 0 Å². The lowest BCUT2D eigenvalue weighted by atomic mass is 9.98. The summed E-state index contributed by atoms with van der Waals surface area (Å²) in [6.07, 6.45) is 0. The second-order valence-electron chi connectivity index (χ2n) is 3.71. The van der Waals surface area contributed by atoms with Crippen LogP contribution < -0.4 is 17.2 Å². The Hall–Kier alpha value is -2.00. The van der Waals surface area contributed by atoms with E-state index in [-0.39, 0.29) is 0 Å². The van der Waals surface area contributed by atoms with Crippen LogP contribution in [0.1, 0.15) is 5.56 Å².